The van der Waals surface area contributed by atoms with E-state index in [1.54, 1.807) is 6.07 Å². The van der Waals surface area contributed by atoms with Crippen LogP contribution in [-0.2, 0) is 14.3 Å². The molecular formula is C14H18N2O5. The van der Waals surface area contributed by atoms with Crippen molar-refractivity contribution in [3.63, 3.8) is 0 Å². The molecule has 0 spiro atoms. The van der Waals surface area contributed by atoms with E-state index in [1.807, 2.05) is 18.2 Å². The van der Waals surface area contributed by atoms with E-state index in [1.165, 1.54) is 12.0 Å². The Labute approximate surface area is 122 Å². The largest absolute Gasteiger partial charge is 0.480 e. The average molecular weight is 294 g/mol. The van der Waals surface area contributed by atoms with E-state index in [2.05, 4.69) is 5.32 Å². The molecule has 1 heterocycles. The number of hydrogen-bond acceptors (Lipinski definition) is 5. The van der Waals surface area contributed by atoms with Gasteiger partial charge in [0.05, 0.1) is 18.8 Å². The zero-order valence-electron chi connectivity index (χ0n) is 11.7. The highest BCUT2D eigenvalue weighted by molar-refractivity contribution is 5.86. The summed E-state index contributed by atoms with van der Waals surface area (Å²) in [6.45, 7) is 0.418. The van der Waals surface area contributed by atoms with E-state index in [9.17, 15) is 9.59 Å². The summed E-state index contributed by atoms with van der Waals surface area (Å²) in [7, 11) is 1.50. The molecule has 1 atom stereocenters. The molecular weight excluding hydrogens is 276 g/mol. The van der Waals surface area contributed by atoms with Gasteiger partial charge in [0.15, 0.2) is 6.10 Å². The fourth-order valence-corrected chi connectivity index (χ4v) is 2.09. The number of fused-ring (bicyclic) bond motifs is 1. The van der Waals surface area contributed by atoms with Gasteiger partial charge < -0.3 is 24.8 Å². The average Bonchev–Trinajstić information content (AvgIpc) is 2.50. The third-order valence-corrected chi connectivity index (χ3v) is 3.11. The molecule has 0 bridgehead atoms. The van der Waals surface area contributed by atoms with Crippen LogP contribution in [0.3, 0.4) is 0 Å². The van der Waals surface area contributed by atoms with E-state index < -0.39 is 12.1 Å². The normalized spacial score (nSPS) is 16.3. The Hall–Kier alpha value is -2.28. The monoisotopic (exact) mass is 294 g/mol. The van der Waals surface area contributed by atoms with Gasteiger partial charge >= 0.3 is 5.97 Å². The summed E-state index contributed by atoms with van der Waals surface area (Å²) in [5.41, 5.74) is 0.822. The summed E-state index contributed by atoms with van der Waals surface area (Å²) in [4.78, 5) is 24.5. The minimum absolute atomic E-state index is 0.211. The van der Waals surface area contributed by atoms with Crippen molar-refractivity contribution in [2.24, 2.45) is 0 Å². The van der Waals surface area contributed by atoms with Gasteiger partial charge in [-0.15, -0.1) is 0 Å². The summed E-state index contributed by atoms with van der Waals surface area (Å²) < 4.78 is 10.6. The van der Waals surface area contributed by atoms with Crippen LogP contribution in [0.4, 0.5) is 5.69 Å². The number of rotatable bonds is 6. The van der Waals surface area contributed by atoms with Gasteiger partial charge in [-0.2, -0.15) is 0 Å². The fraction of sp³-hybridized carbons (Fsp3) is 0.429. The molecule has 114 valence electrons. The molecule has 2 rings (SSSR count). The predicted molar refractivity (Wildman–Crippen MR) is 75.4 cm³/mol. The van der Waals surface area contributed by atoms with Crippen LogP contribution in [0.25, 0.3) is 0 Å². The molecule has 0 aliphatic carbocycles. The van der Waals surface area contributed by atoms with Gasteiger partial charge in [0, 0.05) is 13.7 Å². The van der Waals surface area contributed by atoms with Gasteiger partial charge in [0.25, 0.3) is 5.91 Å². The molecule has 1 amide bonds. The molecule has 1 aliphatic heterocycles. The molecule has 7 heteroatoms. The Kier molecular flexibility index (Phi) is 4.99. The molecule has 2 N–H and O–H groups in total. The second-order valence-electron chi connectivity index (χ2n) is 4.63. The van der Waals surface area contributed by atoms with E-state index in [-0.39, 0.29) is 25.6 Å². The number of aliphatic carboxylic acids is 1. The lowest BCUT2D eigenvalue weighted by molar-refractivity contribution is -0.148. The van der Waals surface area contributed by atoms with Crippen molar-refractivity contribution in [2.75, 3.05) is 38.7 Å². The molecule has 0 radical (unpaired) electrons. The number of carboxylic acid groups (broad SMARTS) is 1. The maximum atomic E-state index is 12.4. The van der Waals surface area contributed by atoms with Crippen LogP contribution in [0.2, 0.25) is 0 Å². The molecule has 7 nitrogen and oxygen atoms in total. The molecule has 21 heavy (non-hydrogen) atoms. The highest BCUT2D eigenvalue weighted by Crippen LogP contribution is 2.28. The van der Waals surface area contributed by atoms with Crippen LogP contribution in [0.15, 0.2) is 24.3 Å². The number of benzene rings is 1. The van der Waals surface area contributed by atoms with Crippen molar-refractivity contribution in [3.8, 4) is 5.75 Å². The lowest BCUT2D eigenvalue weighted by atomic mass is 10.2. The number of methoxy groups -OCH3 is 1. The van der Waals surface area contributed by atoms with Gasteiger partial charge in [0.1, 0.15) is 12.3 Å². The molecule has 0 saturated carbocycles. The van der Waals surface area contributed by atoms with Gasteiger partial charge in [-0.3, -0.25) is 9.59 Å². The van der Waals surface area contributed by atoms with Crippen LogP contribution < -0.4 is 10.1 Å². The number of amides is 1. The van der Waals surface area contributed by atoms with Crippen molar-refractivity contribution in [1.82, 2.24) is 4.90 Å². The van der Waals surface area contributed by atoms with E-state index >= 15 is 0 Å². The number of anilines is 1. The number of ether oxygens (including phenoxy) is 2. The molecule has 0 fully saturated rings. The van der Waals surface area contributed by atoms with Gasteiger partial charge in [-0.1, -0.05) is 12.1 Å². The summed E-state index contributed by atoms with van der Waals surface area (Å²) >= 11 is 0. The standard InChI is InChI=1S/C14H18N2O5/c1-20-7-6-16(9-13(17)18)14(19)12-8-15-10-4-2-3-5-11(10)21-12/h2-5,12,15H,6-9H2,1H3,(H,17,18). The second kappa shape index (κ2) is 6.94. The Bertz CT molecular complexity index is 520. The second-order valence-corrected chi connectivity index (χ2v) is 4.63. The summed E-state index contributed by atoms with van der Waals surface area (Å²) in [6, 6.07) is 7.30. The van der Waals surface area contributed by atoms with E-state index in [0.29, 0.717) is 12.3 Å². The minimum atomic E-state index is -1.07. The highest BCUT2D eigenvalue weighted by Gasteiger charge is 2.30. The van der Waals surface area contributed by atoms with Crippen molar-refractivity contribution in [3.05, 3.63) is 24.3 Å². The van der Waals surface area contributed by atoms with Crippen molar-refractivity contribution in [1.29, 1.82) is 0 Å². The predicted octanol–water partition coefficient (Wildman–Crippen LogP) is 0.419. The Balaban J connectivity index is 2.05. The van der Waals surface area contributed by atoms with Crippen LogP contribution in [0.5, 0.6) is 5.75 Å². The third kappa shape index (κ3) is 3.85. The van der Waals surface area contributed by atoms with Gasteiger partial charge in [-0.25, -0.2) is 0 Å². The van der Waals surface area contributed by atoms with Crippen molar-refractivity contribution >= 4 is 17.6 Å². The number of nitrogens with zero attached hydrogens (tertiary/aromatic N) is 1. The SMILES string of the molecule is COCCN(CC(=O)O)C(=O)C1CNc2ccccc2O1. The molecule has 1 unspecified atom stereocenters. The van der Waals surface area contributed by atoms with Crippen LogP contribution in [0.1, 0.15) is 0 Å². The molecule has 0 aromatic heterocycles. The quantitative estimate of drug-likeness (QED) is 0.790. The van der Waals surface area contributed by atoms with Crippen molar-refractivity contribution < 1.29 is 24.2 Å². The van der Waals surface area contributed by atoms with Crippen molar-refractivity contribution in [2.45, 2.75) is 6.10 Å². The first-order chi connectivity index (χ1) is 10.1. The number of para-hydroxylation sites is 2. The smallest absolute Gasteiger partial charge is 0.323 e. The topological polar surface area (TPSA) is 88.1 Å². The Morgan fingerprint density at radius 3 is 2.95 bits per heavy atom. The lowest BCUT2D eigenvalue weighted by Gasteiger charge is -2.30. The Morgan fingerprint density at radius 1 is 1.48 bits per heavy atom. The van der Waals surface area contributed by atoms with E-state index in [4.69, 9.17) is 14.6 Å². The summed E-state index contributed by atoms with van der Waals surface area (Å²) in [5.74, 6) is -0.843. The molecule has 1 aliphatic rings. The van der Waals surface area contributed by atoms with Crippen LogP contribution >= 0.6 is 0 Å². The maximum Gasteiger partial charge on any atom is 0.323 e. The number of carbonyl (C=O) groups is 2. The third-order valence-electron chi connectivity index (χ3n) is 3.11. The zero-order chi connectivity index (χ0) is 15.2. The zero-order valence-corrected chi connectivity index (χ0v) is 11.7. The number of carbonyl (C=O) groups excluding carboxylic acids is 1. The first-order valence-corrected chi connectivity index (χ1v) is 6.61. The summed E-state index contributed by atoms with van der Waals surface area (Å²) in [6.07, 6.45) is -0.740. The molecule has 1 aromatic rings. The number of nitrogens with one attached hydrogen (secondary N) is 1. The first-order valence-electron chi connectivity index (χ1n) is 6.61. The first kappa shape index (κ1) is 15.1. The van der Waals surface area contributed by atoms with Crippen LogP contribution in [-0.4, -0.2) is 61.3 Å². The maximum absolute atomic E-state index is 12.4. The summed E-state index contributed by atoms with van der Waals surface area (Å²) in [5, 5.41) is 12.0. The minimum Gasteiger partial charge on any atom is -0.480 e. The lowest BCUT2D eigenvalue weighted by Crippen LogP contribution is -2.49. The van der Waals surface area contributed by atoms with E-state index in [0.717, 1.165) is 5.69 Å². The highest BCUT2D eigenvalue weighted by atomic mass is 16.5. The Morgan fingerprint density at radius 2 is 2.24 bits per heavy atom. The van der Waals surface area contributed by atoms with Gasteiger partial charge in [-0.05, 0) is 12.1 Å². The molecule has 0 saturated heterocycles. The molecule has 1 aromatic carbocycles. The van der Waals surface area contributed by atoms with Gasteiger partial charge in [0.2, 0.25) is 0 Å². The number of carboxylic acids is 1. The van der Waals surface area contributed by atoms with Crippen LogP contribution in [0, 0.1) is 0 Å². The number of hydrogen-bond donors (Lipinski definition) is 2. The fourth-order valence-electron chi connectivity index (χ4n) is 2.09.